The van der Waals surface area contributed by atoms with E-state index < -0.39 is 16.8 Å². The Morgan fingerprint density at radius 2 is 1.55 bits per heavy atom. The molecule has 1 fully saturated rings. The molecule has 3 aromatic rings. The molecule has 4 rings (SSSR count). The Hall–Kier alpha value is -1.34. The number of rotatable bonds is 4. The highest BCUT2D eigenvalue weighted by atomic mass is 35.5. The molecule has 0 bridgehead atoms. The predicted octanol–water partition coefficient (Wildman–Crippen LogP) is 7.03. The van der Waals surface area contributed by atoms with Gasteiger partial charge < -0.3 is 4.90 Å². The third-order valence-electron chi connectivity index (χ3n) is 5.14. The van der Waals surface area contributed by atoms with Crippen molar-refractivity contribution in [3.05, 3.63) is 92.1 Å². The minimum Gasteiger partial charge on any atom is -0.361 e. The van der Waals surface area contributed by atoms with Crippen molar-refractivity contribution < 1.29 is 8.60 Å². The molecule has 0 amide bonds. The maximum Gasteiger partial charge on any atom is 0.141 e. The summed E-state index contributed by atoms with van der Waals surface area (Å²) in [5, 5.41) is 1.69. The van der Waals surface area contributed by atoms with E-state index in [2.05, 4.69) is 4.90 Å². The van der Waals surface area contributed by atoms with E-state index in [4.69, 9.17) is 46.4 Å². The largest absolute Gasteiger partial charge is 0.361 e. The second-order valence-electron chi connectivity index (χ2n) is 7.07. The van der Waals surface area contributed by atoms with Crippen molar-refractivity contribution in [2.24, 2.45) is 0 Å². The summed E-state index contributed by atoms with van der Waals surface area (Å²) in [4.78, 5) is 2.63. The van der Waals surface area contributed by atoms with Crippen LogP contribution in [-0.4, -0.2) is 28.1 Å². The van der Waals surface area contributed by atoms with Crippen LogP contribution in [0.3, 0.4) is 0 Å². The first kappa shape index (κ1) is 22.8. The smallest absolute Gasteiger partial charge is 0.141 e. The van der Waals surface area contributed by atoms with E-state index in [9.17, 15) is 8.60 Å². The quantitative estimate of drug-likeness (QED) is 0.371. The average Bonchev–Trinajstić information content (AvgIpc) is 2.75. The van der Waals surface area contributed by atoms with Gasteiger partial charge in [0.2, 0.25) is 0 Å². The molecule has 1 saturated heterocycles. The van der Waals surface area contributed by atoms with Crippen LogP contribution < -0.4 is 4.90 Å². The summed E-state index contributed by atoms with van der Waals surface area (Å²) in [5.41, 5.74) is 1.86. The molecular formula is C22H17Cl4FN2OS. The van der Waals surface area contributed by atoms with Gasteiger partial charge in [-0.05, 0) is 54.1 Å². The first-order chi connectivity index (χ1) is 14.8. The van der Waals surface area contributed by atoms with Crippen LogP contribution in [0.5, 0.6) is 0 Å². The van der Waals surface area contributed by atoms with E-state index in [1.165, 1.54) is 18.2 Å². The number of anilines is 1. The van der Waals surface area contributed by atoms with Gasteiger partial charge in [-0.15, -0.1) is 0 Å². The van der Waals surface area contributed by atoms with Gasteiger partial charge in [0.05, 0.1) is 26.7 Å². The van der Waals surface area contributed by atoms with Gasteiger partial charge >= 0.3 is 0 Å². The molecule has 0 spiro atoms. The fraction of sp³-hybridized carbons (Fsp3) is 0.182. The van der Waals surface area contributed by atoms with Crippen LogP contribution in [0.1, 0.15) is 11.6 Å². The van der Waals surface area contributed by atoms with Crippen molar-refractivity contribution in [1.29, 1.82) is 0 Å². The number of hydrogen-bond donors (Lipinski definition) is 0. The van der Waals surface area contributed by atoms with Gasteiger partial charge in [0.25, 0.3) is 0 Å². The lowest BCUT2D eigenvalue weighted by Gasteiger charge is -2.42. The maximum atomic E-state index is 13.5. The molecule has 9 heteroatoms. The first-order valence-corrected chi connectivity index (χ1v) is 12.0. The normalized spacial score (nSPS) is 18.2. The molecule has 0 radical (unpaired) electrons. The summed E-state index contributed by atoms with van der Waals surface area (Å²) in [7, 11) is -1.49. The molecule has 3 nitrogen and oxygen atoms in total. The van der Waals surface area contributed by atoms with Crippen molar-refractivity contribution >= 4 is 63.1 Å². The summed E-state index contributed by atoms with van der Waals surface area (Å²) < 4.78 is 28.6. The van der Waals surface area contributed by atoms with E-state index in [1.54, 1.807) is 12.1 Å². The Labute approximate surface area is 202 Å². The monoisotopic (exact) mass is 516 g/mol. The van der Waals surface area contributed by atoms with Crippen LogP contribution in [0.15, 0.2) is 65.6 Å². The lowest BCUT2D eigenvalue weighted by atomic mass is 10.0. The van der Waals surface area contributed by atoms with Crippen LogP contribution in [0, 0.1) is 5.82 Å². The van der Waals surface area contributed by atoms with Crippen molar-refractivity contribution in [3.63, 3.8) is 0 Å². The molecule has 2 unspecified atom stereocenters. The highest BCUT2D eigenvalue weighted by molar-refractivity contribution is 7.82. The molecule has 0 aliphatic carbocycles. The second kappa shape index (κ2) is 9.65. The van der Waals surface area contributed by atoms with Crippen LogP contribution >= 0.6 is 46.4 Å². The second-order valence-corrected chi connectivity index (χ2v) is 10.2. The molecule has 1 heterocycles. The van der Waals surface area contributed by atoms with Crippen molar-refractivity contribution in [1.82, 2.24) is 4.31 Å². The van der Waals surface area contributed by atoms with Gasteiger partial charge in [-0.1, -0.05) is 58.5 Å². The number of benzene rings is 3. The molecule has 3 aromatic carbocycles. The summed E-state index contributed by atoms with van der Waals surface area (Å²) in [6.07, 6.45) is 0. The molecule has 31 heavy (non-hydrogen) atoms. The lowest BCUT2D eigenvalue weighted by molar-refractivity contribution is 0.352. The highest BCUT2D eigenvalue weighted by Crippen LogP contribution is 2.37. The topological polar surface area (TPSA) is 23.6 Å². The zero-order valence-electron chi connectivity index (χ0n) is 16.1. The third-order valence-corrected chi connectivity index (χ3v) is 7.68. The summed E-state index contributed by atoms with van der Waals surface area (Å²) in [6, 6.07) is 17.0. The van der Waals surface area contributed by atoms with Gasteiger partial charge in [0.15, 0.2) is 0 Å². The van der Waals surface area contributed by atoms with Crippen molar-refractivity contribution in [3.8, 4) is 0 Å². The van der Waals surface area contributed by atoms with Crippen LogP contribution in [0.4, 0.5) is 10.1 Å². The Kier molecular flexibility index (Phi) is 7.11. The van der Waals surface area contributed by atoms with Crippen molar-refractivity contribution in [2.45, 2.75) is 10.9 Å². The lowest BCUT2D eigenvalue weighted by Crippen LogP contribution is -2.49. The molecule has 162 valence electrons. The van der Waals surface area contributed by atoms with E-state index in [0.29, 0.717) is 39.6 Å². The molecule has 2 atom stereocenters. The fourth-order valence-corrected chi connectivity index (χ4v) is 5.73. The molecule has 1 aliphatic rings. The fourth-order valence-electron chi connectivity index (χ4n) is 3.62. The molecule has 0 N–H and O–H groups in total. The predicted molar refractivity (Wildman–Crippen MR) is 127 cm³/mol. The number of nitrogens with zero attached hydrogens (tertiary/aromatic N) is 2. The van der Waals surface area contributed by atoms with Gasteiger partial charge in [0.1, 0.15) is 16.8 Å². The zero-order chi connectivity index (χ0) is 22.1. The van der Waals surface area contributed by atoms with E-state index in [1.807, 2.05) is 34.6 Å². The Morgan fingerprint density at radius 1 is 0.839 bits per heavy atom. The SMILES string of the molecule is O=S(c1ccc(F)c(Cl)c1)N1CCN(c2ccc(Cl)cc2Cl)C(c2ccc(Cl)cc2)C1. The highest BCUT2D eigenvalue weighted by Gasteiger charge is 2.32. The van der Waals surface area contributed by atoms with Crippen LogP contribution in [0.25, 0.3) is 0 Å². The number of hydrogen-bond acceptors (Lipinski definition) is 2. The summed E-state index contributed by atoms with van der Waals surface area (Å²) in [6.45, 7) is 1.56. The summed E-state index contributed by atoms with van der Waals surface area (Å²) >= 11 is 24.6. The van der Waals surface area contributed by atoms with E-state index >= 15 is 0 Å². The summed E-state index contributed by atoms with van der Waals surface area (Å²) in [5.74, 6) is -0.538. The molecule has 1 aliphatic heterocycles. The van der Waals surface area contributed by atoms with E-state index in [-0.39, 0.29) is 11.1 Å². The minimum atomic E-state index is -1.49. The zero-order valence-corrected chi connectivity index (χ0v) is 19.9. The van der Waals surface area contributed by atoms with Gasteiger partial charge in [0, 0.05) is 29.7 Å². The minimum absolute atomic E-state index is 0.0494. The van der Waals surface area contributed by atoms with E-state index in [0.717, 1.165) is 11.3 Å². The molecule has 0 aromatic heterocycles. The third kappa shape index (κ3) is 5.03. The number of halogens is 5. The first-order valence-electron chi connectivity index (χ1n) is 9.42. The Bertz CT molecular complexity index is 1130. The average molecular weight is 518 g/mol. The van der Waals surface area contributed by atoms with Crippen molar-refractivity contribution in [2.75, 3.05) is 24.5 Å². The maximum absolute atomic E-state index is 13.5. The van der Waals surface area contributed by atoms with Gasteiger partial charge in [-0.3, -0.25) is 0 Å². The number of piperazine rings is 1. The van der Waals surface area contributed by atoms with Gasteiger partial charge in [-0.2, -0.15) is 0 Å². The molecular weight excluding hydrogens is 501 g/mol. The van der Waals surface area contributed by atoms with Crippen LogP contribution in [0.2, 0.25) is 20.1 Å². The Morgan fingerprint density at radius 3 is 2.23 bits per heavy atom. The van der Waals surface area contributed by atoms with Crippen LogP contribution in [-0.2, 0) is 11.0 Å². The molecule has 0 saturated carbocycles. The van der Waals surface area contributed by atoms with Gasteiger partial charge in [-0.25, -0.2) is 12.9 Å². The standard InChI is InChI=1S/C22H17Cl4FN2OS/c23-15-3-1-14(2-4-15)22-13-28(31(30)17-6-7-20(27)18(25)12-17)9-10-29(22)21-8-5-16(24)11-19(21)26/h1-8,11-12,22H,9-10,13H2. The Balaban J connectivity index is 1.67.